The fraction of sp³-hybridized carbons (Fsp3) is 0.474. The summed E-state index contributed by atoms with van der Waals surface area (Å²) in [6, 6.07) is 8.81. The van der Waals surface area contributed by atoms with Crippen LogP contribution >= 0.6 is 0 Å². The summed E-state index contributed by atoms with van der Waals surface area (Å²) in [6.45, 7) is 7.15. The molecule has 2 atom stereocenters. The molecule has 2 aromatic rings. The van der Waals surface area contributed by atoms with Crippen molar-refractivity contribution in [3.63, 3.8) is 0 Å². The number of hydrogen-bond acceptors (Lipinski definition) is 3. The number of aryl methyl sites for hydroxylation is 1. The Bertz CT molecular complexity index is 688. The smallest absolute Gasteiger partial charge is 0.251 e. The summed E-state index contributed by atoms with van der Waals surface area (Å²) in [5.41, 5.74) is 3.09. The monoisotopic (exact) mass is 326 g/mol. The highest BCUT2D eigenvalue weighted by Crippen LogP contribution is 2.19. The van der Waals surface area contributed by atoms with E-state index in [1.807, 2.05) is 35.1 Å². The van der Waals surface area contributed by atoms with E-state index in [-0.39, 0.29) is 11.9 Å². The normalized spacial score (nSPS) is 16.6. The van der Waals surface area contributed by atoms with Crippen LogP contribution in [0.3, 0.4) is 0 Å². The standard InChI is InChI=1S/C19H26N4O/c1-13-10-21-23(12-13)15(3)14(2)20-11-16-4-6-17(7-5-16)19(24)22-18-8-9-18/h4-7,10,12,14-15,18,20H,8-9,11H2,1-3H3,(H,22,24). The lowest BCUT2D eigenvalue weighted by atomic mass is 10.1. The van der Waals surface area contributed by atoms with Crippen LogP contribution in [0.15, 0.2) is 36.7 Å². The average molecular weight is 326 g/mol. The summed E-state index contributed by atoms with van der Waals surface area (Å²) in [7, 11) is 0. The van der Waals surface area contributed by atoms with Gasteiger partial charge in [-0.1, -0.05) is 12.1 Å². The van der Waals surface area contributed by atoms with Crippen LogP contribution < -0.4 is 10.6 Å². The molecular weight excluding hydrogens is 300 g/mol. The van der Waals surface area contributed by atoms with Crippen LogP contribution in [0.25, 0.3) is 0 Å². The van der Waals surface area contributed by atoms with Crippen molar-refractivity contribution in [2.45, 2.75) is 58.3 Å². The molecule has 5 nitrogen and oxygen atoms in total. The van der Waals surface area contributed by atoms with Crippen LogP contribution in [-0.4, -0.2) is 27.8 Å². The van der Waals surface area contributed by atoms with Crippen LogP contribution in [0.4, 0.5) is 0 Å². The highest BCUT2D eigenvalue weighted by molar-refractivity contribution is 5.94. The molecule has 2 N–H and O–H groups in total. The summed E-state index contributed by atoms with van der Waals surface area (Å²) in [5.74, 6) is 0.0352. The largest absolute Gasteiger partial charge is 0.349 e. The van der Waals surface area contributed by atoms with Crippen molar-refractivity contribution >= 4 is 5.91 Å². The van der Waals surface area contributed by atoms with Gasteiger partial charge in [0.1, 0.15) is 0 Å². The molecule has 2 unspecified atom stereocenters. The number of nitrogens with zero attached hydrogens (tertiary/aromatic N) is 2. The average Bonchev–Trinajstić information content (AvgIpc) is 3.30. The molecule has 1 saturated carbocycles. The zero-order chi connectivity index (χ0) is 17.1. The van der Waals surface area contributed by atoms with Crippen molar-refractivity contribution in [3.8, 4) is 0 Å². The Morgan fingerprint density at radius 3 is 2.58 bits per heavy atom. The summed E-state index contributed by atoms with van der Waals surface area (Å²) in [4.78, 5) is 12.0. The Morgan fingerprint density at radius 1 is 1.29 bits per heavy atom. The molecule has 1 aliphatic rings. The second kappa shape index (κ2) is 7.18. The number of hydrogen-bond donors (Lipinski definition) is 2. The van der Waals surface area contributed by atoms with Crippen LogP contribution in [0.1, 0.15) is 54.2 Å². The van der Waals surface area contributed by atoms with Gasteiger partial charge in [0.15, 0.2) is 0 Å². The van der Waals surface area contributed by atoms with Gasteiger partial charge in [-0.05, 0) is 56.9 Å². The van der Waals surface area contributed by atoms with E-state index in [1.54, 1.807) is 0 Å². The maximum atomic E-state index is 12.0. The molecule has 3 rings (SSSR count). The van der Waals surface area contributed by atoms with Gasteiger partial charge >= 0.3 is 0 Å². The second-order valence-corrected chi connectivity index (χ2v) is 6.85. The molecular formula is C19H26N4O. The third-order valence-electron chi connectivity index (χ3n) is 4.63. The van der Waals surface area contributed by atoms with Gasteiger partial charge in [-0.15, -0.1) is 0 Å². The van der Waals surface area contributed by atoms with Gasteiger partial charge in [-0.25, -0.2) is 0 Å². The van der Waals surface area contributed by atoms with Crippen LogP contribution in [-0.2, 0) is 6.54 Å². The first-order chi connectivity index (χ1) is 11.5. The van der Waals surface area contributed by atoms with Crippen molar-refractivity contribution in [1.82, 2.24) is 20.4 Å². The topological polar surface area (TPSA) is 59.0 Å². The Balaban J connectivity index is 1.51. The number of rotatable bonds is 7. The van der Waals surface area contributed by atoms with Crippen LogP contribution in [0, 0.1) is 6.92 Å². The molecule has 0 aliphatic heterocycles. The molecule has 128 valence electrons. The summed E-state index contributed by atoms with van der Waals surface area (Å²) in [5, 5.41) is 10.9. The number of benzene rings is 1. The SMILES string of the molecule is Cc1cnn(C(C)C(C)NCc2ccc(C(=O)NC3CC3)cc2)c1. The maximum absolute atomic E-state index is 12.0. The van der Waals surface area contributed by atoms with E-state index in [0.717, 1.165) is 24.9 Å². The van der Waals surface area contributed by atoms with Crippen molar-refractivity contribution in [1.29, 1.82) is 0 Å². The first kappa shape index (κ1) is 16.7. The number of aromatic nitrogens is 2. The lowest BCUT2D eigenvalue weighted by Crippen LogP contribution is -2.33. The second-order valence-electron chi connectivity index (χ2n) is 6.85. The third kappa shape index (κ3) is 4.23. The number of carbonyl (C=O) groups excluding carboxylic acids is 1. The number of carbonyl (C=O) groups is 1. The molecule has 1 aromatic carbocycles. The Kier molecular flexibility index (Phi) is 5.00. The van der Waals surface area contributed by atoms with Crippen LogP contribution in [0.2, 0.25) is 0 Å². The predicted molar refractivity (Wildman–Crippen MR) is 94.9 cm³/mol. The molecule has 1 heterocycles. The Labute approximate surface area is 143 Å². The van der Waals surface area contributed by atoms with E-state index < -0.39 is 0 Å². The van der Waals surface area contributed by atoms with E-state index in [9.17, 15) is 4.79 Å². The molecule has 0 bridgehead atoms. The molecule has 1 aromatic heterocycles. The minimum atomic E-state index is 0.0352. The fourth-order valence-electron chi connectivity index (χ4n) is 2.60. The summed E-state index contributed by atoms with van der Waals surface area (Å²) in [6.07, 6.45) is 6.17. The van der Waals surface area contributed by atoms with E-state index in [2.05, 4.69) is 42.7 Å². The van der Waals surface area contributed by atoms with E-state index in [4.69, 9.17) is 0 Å². The lowest BCUT2D eigenvalue weighted by Gasteiger charge is -2.22. The van der Waals surface area contributed by atoms with Gasteiger partial charge in [0.05, 0.1) is 12.2 Å². The molecule has 5 heteroatoms. The maximum Gasteiger partial charge on any atom is 0.251 e. The Hall–Kier alpha value is -2.14. The first-order valence-electron chi connectivity index (χ1n) is 8.67. The molecule has 0 saturated heterocycles. The quantitative estimate of drug-likeness (QED) is 0.822. The van der Waals surface area contributed by atoms with Gasteiger partial charge in [0, 0.05) is 30.4 Å². The molecule has 24 heavy (non-hydrogen) atoms. The van der Waals surface area contributed by atoms with Crippen molar-refractivity contribution in [3.05, 3.63) is 53.3 Å². The minimum Gasteiger partial charge on any atom is -0.349 e. The third-order valence-corrected chi connectivity index (χ3v) is 4.63. The Morgan fingerprint density at radius 2 is 2.00 bits per heavy atom. The fourth-order valence-corrected chi connectivity index (χ4v) is 2.60. The number of nitrogens with one attached hydrogen (secondary N) is 2. The predicted octanol–water partition coefficient (Wildman–Crippen LogP) is 2.82. The highest BCUT2D eigenvalue weighted by Gasteiger charge is 2.23. The van der Waals surface area contributed by atoms with Gasteiger partial charge in [-0.2, -0.15) is 5.10 Å². The van der Waals surface area contributed by atoms with Gasteiger partial charge in [-0.3, -0.25) is 9.48 Å². The van der Waals surface area contributed by atoms with Gasteiger partial charge in [0.2, 0.25) is 0 Å². The van der Waals surface area contributed by atoms with Crippen molar-refractivity contribution in [2.24, 2.45) is 0 Å². The highest BCUT2D eigenvalue weighted by atomic mass is 16.1. The molecule has 1 amide bonds. The summed E-state index contributed by atoms with van der Waals surface area (Å²) >= 11 is 0. The molecule has 0 spiro atoms. The van der Waals surface area contributed by atoms with E-state index >= 15 is 0 Å². The zero-order valence-electron chi connectivity index (χ0n) is 14.6. The van der Waals surface area contributed by atoms with Gasteiger partial charge in [0.25, 0.3) is 5.91 Å². The van der Waals surface area contributed by atoms with E-state index in [1.165, 1.54) is 11.1 Å². The van der Waals surface area contributed by atoms with E-state index in [0.29, 0.717) is 12.1 Å². The first-order valence-corrected chi connectivity index (χ1v) is 8.67. The summed E-state index contributed by atoms with van der Waals surface area (Å²) < 4.78 is 2.00. The van der Waals surface area contributed by atoms with Crippen molar-refractivity contribution in [2.75, 3.05) is 0 Å². The van der Waals surface area contributed by atoms with Crippen LogP contribution in [0.5, 0.6) is 0 Å². The van der Waals surface area contributed by atoms with Crippen molar-refractivity contribution < 1.29 is 4.79 Å². The molecule has 0 radical (unpaired) electrons. The van der Waals surface area contributed by atoms with Gasteiger partial charge < -0.3 is 10.6 Å². The lowest BCUT2D eigenvalue weighted by molar-refractivity contribution is 0.0951. The molecule has 1 aliphatic carbocycles. The minimum absolute atomic E-state index is 0.0352. The zero-order valence-corrected chi connectivity index (χ0v) is 14.6. The number of amides is 1. The molecule has 1 fully saturated rings.